The van der Waals surface area contributed by atoms with Crippen molar-refractivity contribution in [2.45, 2.75) is 19.3 Å². The van der Waals surface area contributed by atoms with E-state index in [4.69, 9.17) is 5.73 Å². The lowest BCUT2D eigenvalue weighted by atomic mass is 9.67. The molecule has 2 N–H and O–H groups in total. The fourth-order valence-corrected chi connectivity index (χ4v) is 2.80. The summed E-state index contributed by atoms with van der Waals surface area (Å²) in [7, 11) is 1.39. The Kier molecular flexibility index (Phi) is 4.42. The maximum absolute atomic E-state index is 12.5. The van der Waals surface area contributed by atoms with E-state index in [2.05, 4.69) is 4.74 Å². The maximum atomic E-state index is 12.5. The predicted octanol–water partition coefficient (Wildman–Crippen LogP) is -0.567. The maximum Gasteiger partial charge on any atom is 0.319 e. The molecule has 1 saturated heterocycles. The fourth-order valence-electron chi connectivity index (χ4n) is 2.80. The second kappa shape index (κ2) is 5.88. The number of nitrogens with zero attached hydrogens (tertiary/aromatic N) is 2. The van der Waals surface area contributed by atoms with Crippen LogP contribution in [0.2, 0.25) is 0 Å². The SMILES string of the molecule is COC(=O)CN1CCN(C(=O)C2(CN)CCC2)CC1. The van der Waals surface area contributed by atoms with Crippen LogP contribution in [0.25, 0.3) is 0 Å². The van der Waals surface area contributed by atoms with Crippen molar-refractivity contribution in [2.75, 3.05) is 46.4 Å². The van der Waals surface area contributed by atoms with Crippen LogP contribution in [0.4, 0.5) is 0 Å². The molecule has 0 bridgehead atoms. The van der Waals surface area contributed by atoms with Gasteiger partial charge in [-0.2, -0.15) is 0 Å². The van der Waals surface area contributed by atoms with E-state index in [1.165, 1.54) is 7.11 Å². The Labute approximate surface area is 113 Å². The van der Waals surface area contributed by atoms with E-state index in [-0.39, 0.29) is 17.3 Å². The summed E-state index contributed by atoms with van der Waals surface area (Å²) in [6.45, 7) is 3.56. The zero-order chi connectivity index (χ0) is 13.9. The van der Waals surface area contributed by atoms with E-state index in [0.717, 1.165) is 32.4 Å². The minimum atomic E-state index is -0.287. The molecule has 19 heavy (non-hydrogen) atoms. The Morgan fingerprint density at radius 2 is 1.84 bits per heavy atom. The Hall–Kier alpha value is -1.14. The molecule has 2 aliphatic rings. The molecule has 108 valence electrons. The van der Waals surface area contributed by atoms with Crippen molar-refractivity contribution in [3.63, 3.8) is 0 Å². The average molecular weight is 269 g/mol. The molecule has 0 radical (unpaired) electrons. The van der Waals surface area contributed by atoms with Crippen LogP contribution in [0.3, 0.4) is 0 Å². The van der Waals surface area contributed by atoms with Gasteiger partial charge in [0.2, 0.25) is 5.91 Å². The van der Waals surface area contributed by atoms with Gasteiger partial charge in [0.05, 0.1) is 19.1 Å². The minimum absolute atomic E-state index is 0.207. The monoisotopic (exact) mass is 269 g/mol. The number of amides is 1. The van der Waals surface area contributed by atoms with Gasteiger partial charge in [0.25, 0.3) is 0 Å². The van der Waals surface area contributed by atoms with E-state index in [1.807, 2.05) is 9.80 Å². The Morgan fingerprint density at radius 3 is 2.26 bits per heavy atom. The Morgan fingerprint density at radius 1 is 1.21 bits per heavy atom. The molecular weight excluding hydrogens is 246 g/mol. The number of nitrogens with two attached hydrogens (primary N) is 1. The number of rotatable bonds is 4. The molecule has 0 aromatic rings. The number of piperazine rings is 1. The summed E-state index contributed by atoms with van der Waals surface area (Å²) in [5, 5.41) is 0. The summed E-state index contributed by atoms with van der Waals surface area (Å²) in [4.78, 5) is 27.6. The van der Waals surface area contributed by atoms with Gasteiger partial charge in [0, 0.05) is 32.7 Å². The molecule has 0 unspecified atom stereocenters. The second-order valence-corrected chi connectivity index (χ2v) is 5.48. The van der Waals surface area contributed by atoms with Gasteiger partial charge in [-0.25, -0.2) is 0 Å². The number of hydrogen-bond donors (Lipinski definition) is 1. The minimum Gasteiger partial charge on any atom is -0.468 e. The highest BCUT2D eigenvalue weighted by molar-refractivity contribution is 5.84. The number of ether oxygens (including phenoxy) is 1. The highest BCUT2D eigenvalue weighted by Gasteiger charge is 2.45. The quantitative estimate of drug-likeness (QED) is 0.692. The average Bonchev–Trinajstić information content (AvgIpc) is 2.38. The first-order chi connectivity index (χ1) is 9.11. The Balaban J connectivity index is 1.83. The van der Waals surface area contributed by atoms with Crippen LogP contribution >= 0.6 is 0 Å². The van der Waals surface area contributed by atoms with Gasteiger partial charge in [0.1, 0.15) is 0 Å². The fraction of sp³-hybridized carbons (Fsp3) is 0.846. The van der Waals surface area contributed by atoms with Crippen LogP contribution in [0, 0.1) is 5.41 Å². The van der Waals surface area contributed by atoms with Gasteiger partial charge in [0.15, 0.2) is 0 Å². The third kappa shape index (κ3) is 2.90. The first kappa shape index (κ1) is 14.3. The van der Waals surface area contributed by atoms with Crippen LogP contribution in [0.5, 0.6) is 0 Å². The van der Waals surface area contributed by atoms with E-state index in [0.29, 0.717) is 26.2 Å². The topological polar surface area (TPSA) is 75.9 Å². The number of hydrogen-bond acceptors (Lipinski definition) is 5. The van der Waals surface area contributed by atoms with Crippen molar-refractivity contribution < 1.29 is 14.3 Å². The molecule has 2 rings (SSSR count). The standard InChI is InChI=1S/C13H23N3O3/c1-19-11(17)9-15-5-7-16(8-6-15)12(18)13(10-14)3-2-4-13/h2-10,14H2,1H3. The zero-order valence-corrected chi connectivity index (χ0v) is 11.6. The summed E-state index contributed by atoms with van der Waals surface area (Å²) >= 11 is 0. The lowest BCUT2D eigenvalue weighted by Gasteiger charge is -2.45. The van der Waals surface area contributed by atoms with Crippen molar-refractivity contribution in [3.8, 4) is 0 Å². The normalized spacial score (nSPS) is 22.7. The van der Waals surface area contributed by atoms with Crippen molar-refractivity contribution in [2.24, 2.45) is 11.1 Å². The molecule has 1 aliphatic carbocycles. The number of carbonyl (C=O) groups is 2. The zero-order valence-electron chi connectivity index (χ0n) is 11.6. The van der Waals surface area contributed by atoms with Gasteiger partial charge in [-0.05, 0) is 12.8 Å². The van der Waals surface area contributed by atoms with Gasteiger partial charge < -0.3 is 15.4 Å². The summed E-state index contributed by atoms with van der Waals surface area (Å²) in [6.07, 6.45) is 2.95. The van der Waals surface area contributed by atoms with E-state index in [1.54, 1.807) is 0 Å². The van der Waals surface area contributed by atoms with E-state index < -0.39 is 0 Å². The summed E-state index contributed by atoms with van der Waals surface area (Å²) < 4.78 is 4.65. The van der Waals surface area contributed by atoms with Crippen LogP contribution in [-0.2, 0) is 14.3 Å². The van der Waals surface area contributed by atoms with Gasteiger partial charge >= 0.3 is 5.97 Å². The number of methoxy groups -OCH3 is 1. The smallest absolute Gasteiger partial charge is 0.319 e. The van der Waals surface area contributed by atoms with Crippen molar-refractivity contribution >= 4 is 11.9 Å². The predicted molar refractivity (Wildman–Crippen MR) is 70.4 cm³/mol. The molecule has 6 heteroatoms. The van der Waals surface area contributed by atoms with Crippen molar-refractivity contribution in [1.29, 1.82) is 0 Å². The van der Waals surface area contributed by atoms with Crippen LogP contribution in [-0.4, -0.2) is 68.1 Å². The highest BCUT2D eigenvalue weighted by atomic mass is 16.5. The van der Waals surface area contributed by atoms with E-state index in [9.17, 15) is 9.59 Å². The van der Waals surface area contributed by atoms with Crippen LogP contribution < -0.4 is 5.73 Å². The molecule has 0 atom stereocenters. The molecule has 1 amide bonds. The molecule has 6 nitrogen and oxygen atoms in total. The molecule has 0 aromatic heterocycles. The lowest BCUT2D eigenvalue weighted by molar-refractivity contribution is -0.149. The number of carbonyl (C=O) groups excluding carboxylic acids is 2. The highest BCUT2D eigenvalue weighted by Crippen LogP contribution is 2.41. The van der Waals surface area contributed by atoms with Crippen molar-refractivity contribution in [1.82, 2.24) is 9.80 Å². The van der Waals surface area contributed by atoms with Gasteiger partial charge in [-0.15, -0.1) is 0 Å². The molecule has 1 aliphatic heterocycles. The molecule has 1 heterocycles. The third-order valence-electron chi connectivity index (χ3n) is 4.39. The molecule has 0 aromatic carbocycles. The lowest BCUT2D eigenvalue weighted by Crippen LogP contribution is -2.57. The first-order valence-corrected chi connectivity index (χ1v) is 6.90. The van der Waals surface area contributed by atoms with Gasteiger partial charge in [-0.1, -0.05) is 6.42 Å². The van der Waals surface area contributed by atoms with E-state index >= 15 is 0 Å². The van der Waals surface area contributed by atoms with Crippen LogP contribution in [0.15, 0.2) is 0 Å². The Bertz CT molecular complexity index is 342. The first-order valence-electron chi connectivity index (χ1n) is 6.90. The molecule has 1 saturated carbocycles. The second-order valence-electron chi connectivity index (χ2n) is 5.48. The molecule has 2 fully saturated rings. The molecular formula is C13H23N3O3. The van der Waals surface area contributed by atoms with Crippen molar-refractivity contribution in [3.05, 3.63) is 0 Å². The third-order valence-corrected chi connectivity index (χ3v) is 4.39. The summed E-state index contributed by atoms with van der Waals surface area (Å²) in [5.41, 5.74) is 5.48. The van der Waals surface area contributed by atoms with Gasteiger partial charge in [-0.3, -0.25) is 14.5 Å². The van der Waals surface area contributed by atoms with Crippen LogP contribution in [0.1, 0.15) is 19.3 Å². The number of esters is 1. The molecule has 0 spiro atoms. The summed E-state index contributed by atoms with van der Waals surface area (Å²) in [6, 6.07) is 0. The summed E-state index contributed by atoms with van der Waals surface area (Å²) in [5.74, 6) is -0.0174. The largest absolute Gasteiger partial charge is 0.468 e.